The Balaban J connectivity index is 2.83. The van der Waals surface area contributed by atoms with E-state index in [2.05, 4.69) is 4.98 Å². The Bertz CT molecular complexity index is 500. The molecule has 0 unspecified atom stereocenters. The first kappa shape index (κ1) is 7.56. The maximum absolute atomic E-state index is 9.35. The SMILES string of the molecule is N#[N+]c1cc2ccccc2cc1O. The normalized spacial score (nSPS) is 9.77. The van der Waals surface area contributed by atoms with Crippen molar-refractivity contribution in [1.29, 1.82) is 5.39 Å². The van der Waals surface area contributed by atoms with Crippen molar-refractivity contribution in [3.8, 4) is 5.75 Å². The lowest BCUT2D eigenvalue weighted by atomic mass is 10.1. The van der Waals surface area contributed by atoms with Crippen LogP contribution in [0.5, 0.6) is 5.75 Å². The lowest BCUT2D eigenvalue weighted by Gasteiger charge is -1.94. The lowest BCUT2D eigenvalue weighted by molar-refractivity contribution is 0.479. The molecule has 0 aliphatic rings. The molecule has 0 spiro atoms. The summed E-state index contributed by atoms with van der Waals surface area (Å²) in [6.07, 6.45) is 0. The Labute approximate surface area is 74.9 Å². The molecule has 2 aromatic carbocycles. The van der Waals surface area contributed by atoms with Crippen molar-refractivity contribution in [3.63, 3.8) is 0 Å². The lowest BCUT2D eigenvalue weighted by Crippen LogP contribution is -1.71. The molecule has 1 N–H and O–H groups in total. The van der Waals surface area contributed by atoms with Crippen molar-refractivity contribution in [3.05, 3.63) is 41.4 Å². The van der Waals surface area contributed by atoms with E-state index >= 15 is 0 Å². The molecule has 0 aromatic heterocycles. The molecular weight excluding hydrogens is 164 g/mol. The fraction of sp³-hybridized carbons (Fsp3) is 0. The fourth-order valence-corrected chi connectivity index (χ4v) is 1.30. The predicted molar refractivity (Wildman–Crippen MR) is 50.4 cm³/mol. The minimum atomic E-state index is -0.0128. The average Bonchev–Trinajstić information content (AvgIpc) is 2.17. The molecule has 0 amide bonds. The number of nitrogens with zero attached hydrogens (tertiary/aromatic N) is 2. The molecule has 0 bridgehead atoms. The van der Waals surface area contributed by atoms with Crippen LogP contribution in [0.2, 0.25) is 0 Å². The molecule has 2 aromatic rings. The van der Waals surface area contributed by atoms with E-state index < -0.39 is 0 Å². The highest BCUT2D eigenvalue weighted by atomic mass is 16.3. The molecule has 0 atom stereocenters. The van der Waals surface area contributed by atoms with Crippen LogP contribution in [0.4, 0.5) is 5.69 Å². The second-order valence-corrected chi connectivity index (χ2v) is 2.79. The van der Waals surface area contributed by atoms with E-state index in [9.17, 15) is 5.11 Å². The Morgan fingerprint density at radius 3 is 2.31 bits per heavy atom. The number of benzene rings is 2. The monoisotopic (exact) mass is 171 g/mol. The molecule has 0 saturated carbocycles. The molecule has 3 heteroatoms. The summed E-state index contributed by atoms with van der Waals surface area (Å²) >= 11 is 0. The molecule has 13 heavy (non-hydrogen) atoms. The second kappa shape index (κ2) is 2.76. The smallest absolute Gasteiger partial charge is 0.426 e. The zero-order valence-electron chi connectivity index (χ0n) is 6.81. The van der Waals surface area contributed by atoms with Gasteiger partial charge in [-0.05, 0) is 16.8 Å². The number of phenolic OH excluding ortho intramolecular Hbond substituents is 1. The van der Waals surface area contributed by atoms with Gasteiger partial charge in [0.1, 0.15) is 0 Å². The van der Waals surface area contributed by atoms with Gasteiger partial charge in [0.15, 0.2) is 4.98 Å². The van der Waals surface area contributed by atoms with Crippen LogP contribution in [0.3, 0.4) is 0 Å². The highest BCUT2D eigenvalue weighted by molar-refractivity contribution is 5.88. The van der Waals surface area contributed by atoms with E-state index in [0.717, 1.165) is 10.8 Å². The molecule has 0 aliphatic carbocycles. The van der Waals surface area contributed by atoms with Crippen LogP contribution in [-0.2, 0) is 0 Å². The summed E-state index contributed by atoms with van der Waals surface area (Å²) in [5.41, 5.74) is 0.193. The first-order valence-corrected chi connectivity index (χ1v) is 3.88. The maximum Gasteiger partial charge on any atom is 0.426 e. The average molecular weight is 171 g/mol. The van der Waals surface area contributed by atoms with E-state index in [4.69, 9.17) is 5.39 Å². The predicted octanol–water partition coefficient (Wildman–Crippen LogP) is 3.03. The quantitative estimate of drug-likeness (QED) is 0.619. The van der Waals surface area contributed by atoms with Gasteiger partial charge in [-0.3, -0.25) is 0 Å². The van der Waals surface area contributed by atoms with Crippen molar-refractivity contribution in [2.24, 2.45) is 0 Å². The molecule has 3 nitrogen and oxygen atoms in total. The number of fused-ring (bicyclic) bond motifs is 1. The van der Waals surface area contributed by atoms with Crippen LogP contribution in [0.1, 0.15) is 0 Å². The zero-order valence-corrected chi connectivity index (χ0v) is 6.81. The second-order valence-electron chi connectivity index (χ2n) is 2.79. The molecule has 0 radical (unpaired) electrons. The summed E-state index contributed by atoms with van der Waals surface area (Å²) in [6, 6.07) is 10.8. The minimum Gasteiger partial charge on any atom is -0.501 e. The van der Waals surface area contributed by atoms with E-state index in [1.807, 2.05) is 24.3 Å². The third-order valence-electron chi connectivity index (χ3n) is 1.95. The van der Waals surface area contributed by atoms with Crippen LogP contribution in [0, 0.1) is 5.39 Å². The van der Waals surface area contributed by atoms with Gasteiger partial charge in [0, 0.05) is 6.07 Å². The zero-order chi connectivity index (χ0) is 9.26. The van der Waals surface area contributed by atoms with Crippen LogP contribution in [0.25, 0.3) is 15.7 Å². The largest absolute Gasteiger partial charge is 0.501 e. The van der Waals surface area contributed by atoms with Crippen LogP contribution < -0.4 is 0 Å². The highest BCUT2D eigenvalue weighted by Gasteiger charge is 2.13. The number of hydrogen-bond donors (Lipinski definition) is 1. The van der Waals surface area contributed by atoms with Crippen molar-refractivity contribution in [2.45, 2.75) is 0 Å². The maximum atomic E-state index is 9.35. The molecule has 0 heterocycles. The van der Waals surface area contributed by atoms with Gasteiger partial charge in [0.25, 0.3) is 0 Å². The first-order chi connectivity index (χ1) is 6.31. The Morgan fingerprint density at radius 1 is 1.08 bits per heavy atom. The van der Waals surface area contributed by atoms with Crippen molar-refractivity contribution >= 4 is 16.5 Å². The number of phenols is 1. The molecule has 2 rings (SSSR count). The summed E-state index contributed by atoms with van der Waals surface area (Å²) in [5.74, 6) is -0.0128. The van der Waals surface area contributed by atoms with Crippen LogP contribution in [-0.4, -0.2) is 5.11 Å². The van der Waals surface area contributed by atoms with E-state index in [1.165, 1.54) is 0 Å². The van der Waals surface area contributed by atoms with Gasteiger partial charge in [-0.2, -0.15) is 0 Å². The Kier molecular flexibility index (Phi) is 1.60. The van der Waals surface area contributed by atoms with E-state index in [-0.39, 0.29) is 11.4 Å². The molecule has 62 valence electrons. The third kappa shape index (κ3) is 1.18. The summed E-state index contributed by atoms with van der Waals surface area (Å²) in [5, 5.41) is 19.8. The fourth-order valence-electron chi connectivity index (χ4n) is 1.30. The van der Waals surface area contributed by atoms with Crippen LogP contribution in [0.15, 0.2) is 36.4 Å². The summed E-state index contributed by atoms with van der Waals surface area (Å²) in [4.78, 5) is 2.97. The summed E-state index contributed by atoms with van der Waals surface area (Å²) < 4.78 is 0. The van der Waals surface area contributed by atoms with Crippen molar-refractivity contribution in [1.82, 2.24) is 0 Å². The summed E-state index contributed by atoms with van der Waals surface area (Å²) in [6.45, 7) is 0. The molecule has 0 fully saturated rings. The van der Waals surface area contributed by atoms with Gasteiger partial charge in [-0.25, -0.2) is 0 Å². The van der Waals surface area contributed by atoms with Gasteiger partial charge in [0.05, 0.1) is 0 Å². The minimum absolute atomic E-state index is 0.0128. The Morgan fingerprint density at radius 2 is 1.69 bits per heavy atom. The number of diazo groups is 1. The van der Waals surface area contributed by atoms with Gasteiger partial charge in [0.2, 0.25) is 11.1 Å². The van der Waals surface area contributed by atoms with Gasteiger partial charge in [-0.1, -0.05) is 24.3 Å². The van der Waals surface area contributed by atoms with E-state index in [0.29, 0.717) is 0 Å². The first-order valence-electron chi connectivity index (χ1n) is 3.88. The van der Waals surface area contributed by atoms with Crippen molar-refractivity contribution < 1.29 is 5.11 Å². The number of aromatic hydroxyl groups is 1. The molecule has 0 saturated heterocycles. The number of hydrogen-bond acceptors (Lipinski definition) is 2. The van der Waals surface area contributed by atoms with Gasteiger partial charge < -0.3 is 5.11 Å². The summed E-state index contributed by atoms with van der Waals surface area (Å²) in [7, 11) is 0. The third-order valence-corrected chi connectivity index (χ3v) is 1.95. The van der Waals surface area contributed by atoms with Crippen molar-refractivity contribution in [2.75, 3.05) is 0 Å². The van der Waals surface area contributed by atoms with E-state index in [1.54, 1.807) is 12.1 Å². The van der Waals surface area contributed by atoms with Gasteiger partial charge in [-0.15, -0.1) is 0 Å². The highest BCUT2D eigenvalue weighted by Crippen LogP contribution is 2.31. The Hall–Kier alpha value is -2.08. The van der Waals surface area contributed by atoms with Crippen LogP contribution >= 0.6 is 0 Å². The standard InChI is InChI=1S/C10H6N2O/c11-12-9-5-7-3-1-2-4-8(7)6-10(9)13/h1-6H/p+1. The topological polar surface area (TPSA) is 48.4 Å². The number of rotatable bonds is 0. The molecular formula is C10H7N2O+. The molecule has 0 aliphatic heterocycles. The van der Waals surface area contributed by atoms with Gasteiger partial charge >= 0.3 is 5.69 Å².